The molecule has 4 rings (SSSR count). The third-order valence-electron chi connectivity index (χ3n) is 4.70. The molecule has 2 aromatic heterocycles. The summed E-state index contributed by atoms with van der Waals surface area (Å²) < 4.78 is 10.9. The van der Waals surface area contributed by atoms with E-state index in [1.807, 2.05) is 23.1 Å². The molecule has 0 aromatic carbocycles. The molecule has 23 heavy (non-hydrogen) atoms. The smallest absolute Gasteiger partial charge is 0.257 e. The van der Waals surface area contributed by atoms with Gasteiger partial charge in [0, 0.05) is 37.7 Å². The summed E-state index contributed by atoms with van der Waals surface area (Å²) in [5, 5.41) is 3.36. The van der Waals surface area contributed by atoms with Crippen LogP contribution in [0, 0.1) is 11.8 Å². The summed E-state index contributed by atoms with van der Waals surface area (Å²) in [4.78, 5) is 18.6. The van der Waals surface area contributed by atoms with Crippen LogP contribution in [0.4, 0.5) is 5.82 Å². The Kier molecular flexibility index (Phi) is 3.75. The summed E-state index contributed by atoms with van der Waals surface area (Å²) in [6, 6.07) is 7.52. The standard InChI is InChI=1S/C17H19N3O3/c21-17(12-4-6-22-10-12)20-8-14-13(11-23-15(14)9-20)7-19-16-3-1-2-5-18-16/h1-6,10,13-15H,7-9,11H2,(H,18,19)/t13-,14+,15+/m1/s1. The molecular weight excluding hydrogens is 294 g/mol. The minimum absolute atomic E-state index is 0.0215. The largest absolute Gasteiger partial charge is 0.472 e. The summed E-state index contributed by atoms with van der Waals surface area (Å²) in [7, 11) is 0. The Bertz CT molecular complexity index is 659. The normalized spacial score (nSPS) is 26.3. The number of furan rings is 1. The van der Waals surface area contributed by atoms with E-state index in [2.05, 4.69) is 10.3 Å². The van der Waals surface area contributed by atoms with Gasteiger partial charge in [-0.2, -0.15) is 0 Å². The number of nitrogens with one attached hydrogen (secondary N) is 1. The first-order chi connectivity index (χ1) is 11.3. The molecule has 6 heteroatoms. The summed E-state index contributed by atoms with van der Waals surface area (Å²) in [5.41, 5.74) is 0.605. The lowest BCUT2D eigenvalue weighted by Crippen LogP contribution is -2.32. The highest BCUT2D eigenvalue weighted by atomic mass is 16.5. The van der Waals surface area contributed by atoms with Crippen molar-refractivity contribution in [3.8, 4) is 0 Å². The van der Waals surface area contributed by atoms with Gasteiger partial charge in [0.15, 0.2) is 0 Å². The van der Waals surface area contributed by atoms with Crippen LogP contribution >= 0.6 is 0 Å². The molecule has 1 amide bonds. The molecule has 0 bridgehead atoms. The van der Waals surface area contributed by atoms with Crippen molar-refractivity contribution >= 4 is 11.7 Å². The van der Waals surface area contributed by atoms with Crippen LogP contribution < -0.4 is 5.32 Å². The van der Waals surface area contributed by atoms with Crippen LogP contribution in [0.3, 0.4) is 0 Å². The number of rotatable bonds is 4. The number of hydrogen-bond acceptors (Lipinski definition) is 5. The van der Waals surface area contributed by atoms with E-state index >= 15 is 0 Å². The van der Waals surface area contributed by atoms with Gasteiger partial charge < -0.3 is 19.4 Å². The van der Waals surface area contributed by atoms with E-state index < -0.39 is 0 Å². The molecule has 0 saturated carbocycles. The van der Waals surface area contributed by atoms with Gasteiger partial charge in [-0.25, -0.2) is 4.98 Å². The van der Waals surface area contributed by atoms with Crippen molar-refractivity contribution in [2.24, 2.45) is 11.8 Å². The maximum Gasteiger partial charge on any atom is 0.257 e. The minimum atomic E-state index is 0.0215. The van der Waals surface area contributed by atoms with E-state index in [0.29, 0.717) is 23.9 Å². The van der Waals surface area contributed by atoms with Crippen molar-refractivity contribution in [2.75, 3.05) is 31.6 Å². The van der Waals surface area contributed by atoms with Crippen molar-refractivity contribution in [3.63, 3.8) is 0 Å². The van der Waals surface area contributed by atoms with Gasteiger partial charge in [0.05, 0.1) is 24.5 Å². The van der Waals surface area contributed by atoms with Crippen LogP contribution in [-0.2, 0) is 4.74 Å². The van der Waals surface area contributed by atoms with Crippen LogP contribution in [-0.4, -0.2) is 48.1 Å². The van der Waals surface area contributed by atoms with E-state index in [1.165, 1.54) is 12.5 Å². The molecule has 0 unspecified atom stereocenters. The number of pyridine rings is 1. The molecule has 2 aromatic rings. The number of hydrogen-bond donors (Lipinski definition) is 1. The van der Waals surface area contributed by atoms with Crippen LogP contribution in [0.15, 0.2) is 47.4 Å². The average Bonchev–Trinajstić information content (AvgIpc) is 3.30. The number of fused-ring (bicyclic) bond motifs is 1. The van der Waals surface area contributed by atoms with E-state index in [-0.39, 0.29) is 12.0 Å². The van der Waals surface area contributed by atoms with Gasteiger partial charge in [-0.15, -0.1) is 0 Å². The fraction of sp³-hybridized carbons (Fsp3) is 0.412. The highest BCUT2D eigenvalue weighted by Gasteiger charge is 2.45. The van der Waals surface area contributed by atoms with Crippen molar-refractivity contribution in [2.45, 2.75) is 6.10 Å². The second-order valence-electron chi connectivity index (χ2n) is 6.11. The van der Waals surface area contributed by atoms with Gasteiger partial charge in [0.2, 0.25) is 0 Å². The predicted octanol–water partition coefficient (Wildman–Crippen LogP) is 1.87. The van der Waals surface area contributed by atoms with Gasteiger partial charge >= 0.3 is 0 Å². The third-order valence-corrected chi connectivity index (χ3v) is 4.70. The molecule has 1 N–H and O–H groups in total. The van der Waals surface area contributed by atoms with Crippen LogP contribution in [0.5, 0.6) is 0 Å². The number of likely N-dealkylation sites (tertiary alicyclic amines) is 1. The van der Waals surface area contributed by atoms with Crippen molar-refractivity contribution in [3.05, 3.63) is 48.6 Å². The monoisotopic (exact) mass is 313 g/mol. The van der Waals surface area contributed by atoms with E-state index in [0.717, 1.165) is 25.5 Å². The number of anilines is 1. The third kappa shape index (κ3) is 2.82. The van der Waals surface area contributed by atoms with Crippen molar-refractivity contribution < 1.29 is 13.9 Å². The molecular formula is C17H19N3O3. The molecule has 4 heterocycles. The van der Waals surface area contributed by atoms with E-state index in [9.17, 15) is 4.79 Å². The Balaban J connectivity index is 1.37. The topological polar surface area (TPSA) is 67.6 Å². The Labute approximate surface area is 134 Å². The van der Waals surface area contributed by atoms with Crippen LogP contribution in [0.25, 0.3) is 0 Å². The van der Waals surface area contributed by atoms with E-state index in [4.69, 9.17) is 9.15 Å². The Morgan fingerprint density at radius 2 is 2.30 bits per heavy atom. The number of amides is 1. The summed E-state index contributed by atoms with van der Waals surface area (Å²) in [5.74, 6) is 1.67. The first-order valence-corrected chi connectivity index (χ1v) is 7.89. The van der Waals surface area contributed by atoms with Crippen LogP contribution in [0.1, 0.15) is 10.4 Å². The number of ether oxygens (including phenoxy) is 1. The molecule has 0 spiro atoms. The number of aromatic nitrogens is 1. The average molecular weight is 313 g/mol. The van der Waals surface area contributed by atoms with Gasteiger partial charge in [0.25, 0.3) is 5.91 Å². The molecule has 3 atom stereocenters. The highest BCUT2D eigenvalue weighted by Crippen LogP contribution is 2.34. The number of carbonyl (C=O) groups is 1. The SMILES string of the molecule is O=C(c1ccoc1)N1C[C@H]2[C@H](CNc3ccccn3)CO[C@H]2C1. The predicted molar refractivity (Wildman–Crippen MR) is 84.1 cm³/mol. The maximum atomic E-state index is 12.4. The highest BCUT2D eigenvalue weighted by molar-refractivity contribution is 5.94. The van der Waals surface area contributed by atoms with Gasteiger partial charge in [-0.1, -0.05) is 6.07 Å². The second kappa shape index (κ2) is 6.04. The zero-order valence-corrected chi connectivity index (χ0v) is 12.7. The van der Waals surface area contributed by atoms with Gasteiger partial charge in [-0.05, 0) is 18.2 Å². The summed E-state index contributed by atoms with van der Waals surface area (Å²) >= 11 is 0. The lowest BCUT2D eigenvalue weighted by Gasteiger charge is -2.19. The molecule has 2 aliphatic rings. The molecule has 2 fully saturated rings. The molecule has 6 nitrogen and oxygen atoms in total. The lowest BCUT2D eigenvalue weighted by molar-refractivity contribution is 0.0679. The maximum absolute atomic E-state index is 12.4. The summed E-state index contributed by atoms with van der Waals surface area (Å²) in [6.07, 6.45) is 4.94. The van der Waals surface area contributed by atoms with Crippen molar-refractivity contribution in [1.82, 2.24) is 9.88 Å². The van der Waals surface area contributed by atoms with Gasteiger partial charge in [0.1, 0.15) is 12.1 Å². The van der Waals surface area contributed by atoms with Crippen molar-refractivity contribution in [1.29, 1.82) is 0 Å². The molecule has 2 aliphatic heterocycles. The Morgan fingerprint density at radius 1 is 1.35 bits per heavy atom. The van der Waals surface area contributed by atoms with Gasteiger partial charge in [-0.3, -0.25) is 4.79 Å². The fourth-order valence-electron chi connectivity index (χ4n) is 3.45. The minimum Gasteiger partial charge on any atom is -0.472 e. The fourth-order valence-corrected chi connectivity index (χ4v) is 3.45. The molecule has 0 aliphatic carbocycles. The zero-order valence-electron chi connectivity index (χ0n) is 12.7. The molecule has 0 radical (unpaired) electrons. The zero-order chi connectivity index (χ0) is 15.6. The van der Waals surface area contributed by atoms with Crippen LogP contribution in [0.2, 0.25) is 0 Å². The molecule has 120 valence electrons. The lowest BCUT2D eigenvalue weighted by atomic mass is 9.93. The number of nitrogens with zero attached hydrogens (tertiary/aromatic N) is 2. The first kappa shape index (κ1) is 14.3. The summed E-state index contributed by atoms with van der Waals surface area (Å²) in [6.45, 7) is 2.95. The quantitative estimate of drug-likeness (QED) is 0.933. The molecule has 2 saturated heterocycles. The second-order valence-corrected chi connectivity index (χ2v) is 6.11. The Hall–Kier alpha value is -2.34. The Morgan fingerprint density at radius 3 is 3.09 bits per heavy atom. The number of carbonyl (C=O) groups excluding carboxylic acids is 1. The van der Waals surface area contributed by atoms with E-state index in [1.54, 1.807) is 12.3 Å². The first-order valence-electron chi connectivity index (χ1n) is 7.89.